The molecule has 0 saturated carbocycles. The molecule has 0 aliphatic heterocycles. The molecule has 0 fully saturated rings. The number of nitrogens with one attached hydrogen (secondary N) is 10. The summed E-state index contributed by atoms with van der Waals surface area (Å²) in [4.78, 5) is 154. The van der Waals surface area contributed by atoms with E-state index in [1.54, 1.807) is 0 Å². The van der Waals surface area contributed by atoms with Gasteiger partial charge in [-0.15, -0.1) is 0 Å². The maximum atomic E-state index is 14.6. The van der Waals surface area contributed by atoms with Crippen molar-refractivity contribution in [3.8, 4) is 0 Å². The van der Waals surface area contributed by atoms with E-state index in [0.29, 0.717) is 77.4 Å². The average Bonchev–Trinajstić information content (AvgIpc) is 1.72. The van der Waals surface area contributed by atoms with Crippen molar-refractivity contribution in [3.05, 3.63) is 0 Å². The molecule has 0 bridgehead atoms. The van der Waals surface area contributed by atoms with Gasteiger partial charge in [0.05, 0.1) is 6.04 Å². The van der Waals surface area contributed by atoms with Gasteiger partial charge in [-0.05, 0) is 183 Å². The zero-order valence-electron chi connectivity index (χ0n) is 59.1. The van der Waals surface area contributed by atoms with Crippen molar-refractivity contribution < 1.29 is 52.7 Å². The molecule has 0 unspecified atom stereocenters. The number of rotatable bonds is 51. The minimum atomic E-state index is -1.23. The van der Waals surface area contributed by atoms with Gasteiger partial charge in [0.1, 0.15) is 60.4 Å². The summed E-state index contributed by atoms with van der Waals surface area (Å²) in [5.41, 5.74) is 34.9. The van der Waals surface area contributed by atoms with Gasteiger partial charge in [0.15, 0.2) is 0 Å². The molecule has 0 heterocycles. The second kappa shape index (κ2) is 47.8. The lowest BCUT2D eigenvalue weighted by Gasteiger charge is -2.30. The first-order valence-corrected chi connectivity index (χ1v) is 34.5. The molecule has 0 rings (SSSR count). The second-order valence-electron chi connectivity index (χ2n) is 28.2. The Balaban J connectivity index is 7.03. The summed E-state index contributed by atoms with van der Waals surface area (Å²) >= 11 is 0. The molecule has 0 aromatic heterocycles. The summed E-state index contributed by atoms with van der Waals surface area (Å²) in [5.74, 6) is -7.99. The summed E-state index contributed by atoms with van der Waals surface area (Å²) in [6.07, 6.45) is 6.18. The van der Waals surface area contributed by atoms with Gasteiger partial charge >= 0.3 is 0 Å². The van der Waals surface area contributed by atoms with Crippen molar-refractivity contribution in [2.24, 2.45) is 75.8 Å². The Bertz CT molecular complexity index is 2270. The molecule has 0 aliphatic carbocycles. The molecule has 0 aromatic rings. The van der Waals surface area contributed by atoms with E-state index in [1.165, 1.54) is 0 Å². The van der Waals surface area contributed by atoms with Crippen LogP contribution in [0, 0.1) is 41.4 Å². The van der Waals surface area contributed by atoms with E-state index in [9.17, 15) is 52.7 Å². The van der Waals surface area contributed by atoms with Gasteiger partial charge < -0.3 is 87.6 Å². The summed E-state index contributed by atoms with van der Waals surface area (Å²) in [6, 6.07) is -12.3. The van der Waals surface area contributed by atoms with Crippen molar-refractivity contribution >= 4 is 65.0 Å². The first kappa shape index (κ1) is 87.0. The number of carbonyl (C=O) groups is 11. The average molecular weight is 1320 g/mol. The van der Waals surface area contributed by atoms with Crippen LogP contribution in [0.2, 0.25) is 0 Å². The van der Waals surface area contributed by atoms with E-state index in [-0.39, 0.29) is 112 Å². The topological polar surface area (TPSA) is 464 Å². The Hall–Kier alpha value is -6.03. The molecule has 0 spiro atoms. The fourth-order valence-corrected chi connectivity index (χ4v) is 10.6. The quantitative estimate of drug-likeness (QED) is 0.0384. The summed E-state index contributed by atoms with van der Waals surface area (Å²) in [6.45, 7) is 27.5. The summed E-state index contributed by atoms with van der Waals surface area (Å²) in [7, 11) is 0. The van der Waals surface area contributed by atoms with Gasteiger partial charge in [-0.1, -0.05) is 103 Å². The van der Waals surface area contributed by atoms with Crippen molar-refractivity contribution in [2.45, 2.75) is 285 Å². The van der Waals surface area contributed by atoms with E-state index < -0.39 is 131 Å². The van der Waals surface area contributed by atoms with Crippen molar-refractivity contribution in [2.75, 3.05) is 26.2 Å². The highest BCUT2D eigenvalue weighted by Crippen LogP contribution is 2.17. The molecule has 27 heteroatoms. The van der Waals surface area contributed by atoms with Gasteiger partial charge in [0.25, 0.3) is 0 Å². The van der Waals surface area contributed by atoms with Gasteiger partial charge in [-0.3, -0.25) is 52.7 Å². The number of carbonyl (C=O) groups excluding carboxylic acids is 11. The molecule has 27 nitrogen and oxygen atoms in total. The Morgan fingerprint density at radius 1 is 0.237 bits per heavy atom. The first-order valence-electron chi connectivity index (χ1n) is 34.5. The van der Waals surface area contributed by atoms with E-state index in [4.69, 9.17) is 34.4 Å². The number of primary amides is 1. The molecular formula is C66H128N16O11. The maximum absolute atomic E-state index is 14.6. The smallest absolute Gasteiger partial charge is 0.243 e. The molecule has 538 valence electrons. The molecule has 22 N–H and O–H groups in total. The number of hydrogen-bond acceptors (Lipinski definition) is 16. The minimum Gasteiger partial charge on any atom is -0.368 e. The van der Waals surface area contributed by atoms with E-state index >= 15 is 0 Å². The third-order valence-electron chi connectivity index (χ3n) is 15.5. The van der Waals surface area contributed by atoms with Crippen LogP contribution in [-0.2, 0) is 52.7 Å². The van der Waals surface area contributed by atoms with Gasteiger partial charge in [-0.25, -0.2) is 0 Å². The molecule has 11 amide bonds. The predicted molar refractivity (Wildman–Crippen MR) is 364 cm³/mol. The fourth-order valence-electron chi connectivity index (χ4n) is 10.6. The van der Waals surface area contributed by atoms with E-state index in [0.717, 1.165) is 0 Å². The Kier molecular flexibility index (Phi) is 44.7. The number of nitrogens with two attached hydrogens (primary N) is 6. The SMILES string of the molecule is CC(C)C[C@H](NC(=O)[C@H](CC(C)C)NC(=O)[C@H](CC(C)C)NC(=O)[C@H](CCCCN)NC(=O)[C@H](CC(C)C)NC(=O)[C@H](CC(C)C)NC(=O)[C@H](CCCCN)NC(=O)[C@H](CC(C)C)NC(=O)[C@H](CC(C)C)NC(=O)[C@@H](CCCCN)NC(=O)[C@@H](N)CCCCN)C(N)=O. The zero-order valence-corrected chi connectivity index (χ0v) is 59.1. The van der Waals surface area contributed by atoms with Crippen LogP contribution in [0.4, 0.5) is 0 Å². The molecule has 0 radical (unpaired) electrons. The van der Waals surface area contributed by atoms with Crippen LogP contribution >= 0.6 is 0 Å². The first-order chi connectivity index (χ1) is 43.6. The molecule has 11 atom stereocenters. The van der Waals surface area contributed by atoms with Crippen molar-refractivity contribution in [3.63, 3.8) is 0 Å². The van der Waals surface area contributed by atoms with Crippen molar-refractivity contribution in [1.29, 1.82) is 0 Å². The zero-order chi connectivity index (χ0) is 71.1. The van der Waals surface area contributed by atoms with Gasteiger partial charge in [-0.2, -0.15) is 0 Å². The monoisotopic (exact) mass is 1320 g/mol. The summed E-state index contributed by atoms with van der Waals surface area (Å²) < 4.78 is 0. The van der Waals surface area contributed by atoms with Crippen LogP contribution < -0.4 is 87.6 Å². The third kappa shape index (κ3) is 38.2. The fraction of sp³-hybridized carbons (Fsp3) is 0.833. The van der Waals surface area contributed by atoms with Crippen LogP contribution in [0.1, 0.15) is 219 Å². The molecule has 0 saturated heterocycles. The van der Waals surface area contributed by atoms with Crippen LogP contribution in [0.25, 0.3) is 0 Å². The van der Waals surface area contributed by atoms with Crippen LogP contribution in [0.3, 0.4) is 0 Å². The lowest BCUT2D eigenvalue weighted by molar-refractivity contribution is -0.136. The molecule has 93 heavy (non-hydrogen) atoms. The molecule has 0 aliphatic rings. The van der Waals surface area contributed by atoms with E-state index in [1.807, 2.05) is 96.9 Å². The standard InChI is InChI=1S/C66H128N16O11/c1-38(2)31-49(56(72)83)76-63(90)52(34-41(7)8)82-66(93)55(37-44(13)14)79-60(87)48(26-18-22-30-70)75-62(89)51(33-40(5)6)81-65(92)54(36-43(11)12)78-59(86)47(25-17-21-29-69)74-61(88)50(32-39(3)4)80-64(91)53(35-42(9)10)77-58(85)46(24-16-20-28-68)73-57(84)45(71)23-15-19-27-67/h38-55H,15-37,67-71H2,1-14H3,(H2,72,83)(H,73,84)(H,74,88)(H,75,89)(H,76,90)(H,77,85)(H,78,86)(H,79,87)(H,80,91)(H,81,92)(H,82,93)/t45-,46+,47-,48-,49-,50-,51-,52-,53-,54-,55-/m0/s1. The van der Waals surface area contributed by atoms with Gasteiger partial charge in [0.2, 0.25) is 65.0 Å². The Morgan fingerprint density at radius 3 is 0.591 bits per heavy atom. The van der Waals surface area contributed by atoms with E-state index in [2.05, 4.69) is 53.2 Å². The number of hydrogen-bond donors (Lipinski definition) is 16. The third-order valence-corrected chi connectivity index (χ3v) is 15.5. The Morgan fingerprint density at radius 2 is 0.398 bits per heavy atom. The normalized spacial score (nSPS) is 15.2. The van der Waals surface area contributed by atoms with Gasteiger partial charge in [0, 0.05) is 0 Å². The highest BCUT2D eigenvalue weighted by atomic mass is 16.2. The largest absolute Gasteiger partial charge is 0.368 e. The minimum absolute atomic E-state index is 0.0280. The maximum Gasteiger partial charge on any atom is 0.243 e. The second-order valence-corrected chi connectivity index (χ2v) is 28.2. The number of unbranched alkanes of at least 4 members (excludes halogenated alkanes) is 4. The van der Waals surface area contributed by atoms with Crippen LogP contribution in [0.5, 0.6) is 0 Å². The lowest BCUT2D eigenvalue weighted by atomic mass is 9.98. The predicted octanol–water partition coefficient (Wildman–Crippen LogP) is 1.49. The highest BCUT2D eigenvalue weighted by molar-refractivity contribution is 5.99. The lowest BCUT2D eigenvalue weighted by Crippen LogP contribution is -2.61. The number of amides is 11. The summed E-state index contributed by atoms with van der Waals surface area (Å²) in [5, 5.41) is 28.1. The molecule has 0 aromatic carbocycles. The Labute approximate surface area is 556 Å². The van der Waals surface area contributed by atoms with Crippen LogP contribution in [0.15, 0.2) is 0 Å². The van der Waals surface area contributed by atoms with Crippen molar-refractivity contribution in [1.82, 2.24) is 53.2 Å². The molecular weight excluding hydrogens is 1190 g/mol. The van der Waals surface area contributed by atoms with Crippen LogP contribution in [-0.4, -0.2) is 158 Å². The highest BCUT2D eigenvalue weighted by Gasteiger charge is 2.37.